The number of benzene rings is 1. The molecule has 3 heterocycles. The van der Waals surface area contributed by atoms with Crippen LogP contribution in [0.3, 0.4) is 0 Å². The Kier molecular flexibility index (Phi) is 5.84. The number of aromatic amines is 1. The highest BCUT2D eigenvalue weighted by molar-refractivity contribution is 5.78. The van der Waals surface area contributed by atoms with Crippen LogP contribution in [0.4, 0.5) is 4.39 Å². The number of pyridine rings is 1. The van der Waals surface area contributed by atoms with Gasteiger partial charge in [0, 0.05) is 29.4 Å². The first kappa shape index (κ1) is 20.1. The zero-order chi connectivity index (χ0) is 21.1. The molecule has 1 aliphatic rings. The van der Waals surface area contributed by atoms with E-state index in [9.17, 15) is 9.18 Å². The van der Waals surface area contributed by atoms with Crippen LogP contribution in [0.1, 0.15) is 19.0 Å². The van der Waals surface area contributed by atoms with Crippen LogP contribution in [0.15, 0.2) is 48.8 Å². The number of ether oxygens (including phenoxy) is 2. The number of amides is 1. The van der Waals surface area contributed by atoms with E-state index in [1.54, 1.807) is 24.5 Å². The number of carbonyl (C=O) groups excluding carboxylic acids is 1. The Morgan fingerprint density at radius 3 is 2.67 bits per heavy atom. The summed E-state index contributed by atoms with van der Waals surface area (Å²) in [4.78, 5) is 23.7. The Hall–Kier alpha value is -3.14. The quantitative estimate of drug-likeness (QED) is 0.594. The smallest absolute Gasteiger partial charge is 0.235 e. The normalized spacial score (nSPS) is 21.4. The number of hydrogen-bond donors (Lipinski definition) is 3. The molecule has 1 saturated heterocycles. The van der Waals surface area contributed by atoms with Gasteiger partial charge < -0.3 is 25.5 Å². The van der Waals surface area contributed by atoms with Crippen molar-refractivity contribution in [3.8, 4) is 22.5 Å². The van der Waals surface area contributed by atoms with E-state index in [1.807, 2.05) is 19.1 Å². The number of nitrogens with one attached hydrogen (secondary N) is 2. The van der Waals surface area contributed by atoms with E-state index in [-0.39, 0.29) is 24.2 Å². The van der Waals surface area contributed by atoms with Crippen molar-refractivity contribution in [3.63, 3.8) is 0 Å². The molecular weight excluding hydrogens is 389 g/mol. The number of rotatable bonds is 5. The van der Waals surface area contributed by atoms with Gasteiger partial charge in [0.2, 0.25) is 12.2 Å². The molecule has 1 amide bonds. The van der Waals surface area contributed by atoms with E-state index >= 15 is 0 Å². The number of aromatic nitrogens is 3. The van der Waals surface area contributed by atoms with Crippen LogP contribution in [-0.4, -0.2) is 40.2 Å². The van der Waals surface area contributed by atoms with Crippen molar-refractivity contribution in [1.29, 1.82) is 0 Å². The Morgan fingerprint density at radius 1 is 1.23 bits per heavy atom. The molecule has 0 aliphatic carbocycles. The fraction of sp³-hybridized carbons (Fsp3) is 0.286. The van der Waals surface area contributed by atoms with Gasteiger partial charge in [-0.05, 0) is 36.4 Å². The van der Waals surface area contributed by atoms with Gasteiger partial charge in [-0.3, -0.25) is 9.78 Å². The van der Waals surface area contributed by atoms with Crippen molar-refractivity contribution in [1.82, 2.24) is 20.3 Å². The summed E-state index contributed by atoms with van der Waals surface area (Å²) in [5.74, 6) is -0.245. The Bertz CT molecular complexity index is 1010. The zero-order valence-corrected chi connectivity index (χ0v) is 16.3. The highest BCUT2D eigenvalue weighted by atomic mass is 19.1. The van der Waals surface area contributed by atoms with Gasteiger partial charge in [0.15, 0.2) is 5.82 Å². The predicted molar refractivity (Wildman–Crippen MR) is 107 cm³/mol. The summed E-state index contributed by atoms with van der Waals surface area (Å²) in [6, 6.07) is 9.78. The molecule has 4 rings (SSSR count). The molecule has 3 atom stereocenters. The molecule has 1 aliphatic heterocycles. The lowest BCUT2D eigenvalue weighted by atomic mass is 10.1. The fourth-order valence-corrected chi connectivity index (χ4v) is 3.22. The van der Waals surface area contributed by atoms with E-state index in [0.29, 0.717) is 18.1 Å². The summed E-state index contributed by atoms with van der Waals surface area (Å²) in [6.07, 6.45) is 2.00. The molecule has 0 spiro atoms. The maximum atomic E-state index is 13.4. The second-order valence-electron chi connectivity index (χ2n) is 7.06. The first-order valence-corrected chi connectivity index (χ1v) is 9.58. The number of hydrogen-bond acceptors (Lipinski definition) is 6. The van der Waals surface area contributed by atoms with Gasteiger partial charge in [0.05, 0.1) is 24.5 Å². The van der Waals surface area contributed by atoms with E-state index in [2.05, 4.69) is 20.3 Å². The number of imidazole rings is 1. The highest BCUT2D eigenvalue weighted by Gasteiger charge is 2.33. The van der Waals surface area contributed by atoms with E-state index in [4.69, 9.17) is 15.2 Å². The molecule has 8 nitrogen and oxygen atoms in total. The van der Waals surface area contributed by atoms with Crippen molar-refractivity contribution >= 4 is 5.91 Å². The minimum atomic E-state index is -0.806. The minimum absolute atomic E-state index is 0.0528. The highest BCUT2D eigenvalue weighted by Crippen LogP contribution is 2.34. The molecule has 1 fully saturated rings. The molecule has 0 bridgehead atoms. The van der Waals surface area contributed by atoms with Crippen molar-refractivity contribution in [2.45, 2.75) is 19.4 Å². The second kappa shape index (κ2) is 8.70. The minimum Gasteiger partial charge on any atom is -0.345 e. The van der Waals surface area contributed by atoms with Crippen LogP contribution in [0, 0.1) is 11.7 Å². The lowest BCUT2D eigenvalue weighted by molar-refractivity contribution is -0.248. The monoisotopic (exact) mass is 411 g/mol. The SMILES string of the molecule is CC1COC(c2nc(-c3ccc(F)cc3)c(-c3ccncc3)[nH]2)OC1NC(=O)CN. The summed E-state index contributed by atoms with van der Waals surface area (Å²) in [5.41, 5.74) is 8.35. The molecule has 1 aromatic carbocycles. The Morgan fingerprint density at radius 2 is 1.97 bits per heavy atom. The molecule has 4 N–H and O–H groups in total. The average molecular weight is 411 g/mol. The molecule has 0 radical (unpaired) electrons. The van der Waals surface area contributed by atoms with Gasteiger partial charge >= 0.3 is 0 Å². The van der Waals surface area contributed by atoms with Gasteiger partial charge in [-0.2, -0.15) is 0 Å². The first-order chi connectivity index (χ1) is 14.5. The topological polar surface area (TPSA) is 115 Å². The molecule has 3 aromatic rings. The first-order valence-electron chi connectivity index (χ1n) is 9.58. The lowest BCUT2D eigenvalue weighted by Gasteiger charge is -2.34. The summed E-state index contributed by atoms with van der Waals surface area (Å²) in [7, 11) is 0. The molecule has 9 heteroatoms. The molecule has 2 aromatic heterocycles. The average Bonchev–Trinajstić information content (AvgIpc) is 3.22. The second-order valence-corrected chi connectivity index (χ2v) is 7.06. The summed E-state index contributed by atoms with van der Waals surface area (Å²) in [5, 5.41) is 2.75. The zero-order valence-electron chi connectivity index (χ0n) is 16.3. The van der Waals surface area contributed by atoms with Gasteiger partial charge in [-0.15, -0.1) is 0 Å². The maximum Gasteiger partial charge on any atom is 0.235 e. The van der Waals surface area contributed by atoms with Crippen LogP contribution >= 0.6 is 0 Å². The third kappa shape index (κ3) is 4.23. The number of halogens is 1. The summed E-state index contributed by atoms with van der Waals surface area (Å²) in [6.45, 7) is 2.16. The summed E-state index contributed by atoms with van der Waals surface area (Å²) < 4.78 is 25.2. The number of H-pyrrole nitrogens is 1. The van der Waals surface area contributed by atoms with Crippen molar-refractivity contribution in [2.24, 2.45) is 11.7 Å². The molecular formula is C21H22FN5O3. The van der Waals surface area contributed by atoms with Crippen LogP contribution in [-0.2, 0) is 14.3 Å². The number of carbonyl (C=O) groups is 1. The Labute approximate surface area is 172 Å². The molecule has 0 saturated carbocycles. The predicted octanol–water partition coefficient (Wildman–Crippen LogP) is 2.36. The third-order valence-corrected chi connectivity index (χ3v) is 4.82. The van der Waals surface area contributed by atoms with E-state index < -0.39 is 12.5 Å². The third-order valence-electron chi connectivity index (χ3n) is 4.82. The van der Waals surface area contributed by atoms with Gasteiger partial charge in [0.1, 0.15) is 12.0 Å². The van der Waals surface area contributed by atoms with Crippen LogP contribution in [0.25, 0.3) is 22.5 Å². The molecule has 30 heavy (non-hydrogen) atoms. The molecule has 156 valence electrons. The number of nitrogens with two attached hydrogens (primary N) is 1. The van der Waals surface area contributed by atoms with Gasteiger partial charge in [-0.25, -0.2) is 9.37 Å². The Balaban J connectivity index is 1.69. The van der Waals surface area contributed by atoms with E-state index in [1.165, 1.54) is 12.1 Å². The summed E-state index contributed by atoms with van der Waals surface area (Å²) >= 11 is 0. The largest absolute Gasteiger partial charge is 0.345 e. The van der Waals surface area contributed by atoms with Crippen LogP contribution < -0.4 is 11.1 Å². The van der Waals surface area contributed by atoms with E-state index in [0.717, 1.165) is 16.8 Å². The van der Waals surface area contributed by atoms with Crippen LogP contribution in [0.5, 0.6) is 0 Å². The van der Waals surface area contributed by atoms with Gasteiger partial charge in [0.25, 0.3) is 0 Å². The van der Waals surface area contributed by atoms with Crippen LogP contribution in [0.2, 0.25) is 0 Å². The van der Waals surface area contributed by atoms with Crippen molar-refractivity contribution in [2.75, 3.05) is 13.2 Å². The lowest BCUT2D eigenvalue weighted by Crippen LogP contribution is -2.48. The van der Waals surface area contributed by atoms with Crippen molar-refractivity contribution < 1.29 is 18.7 Å². The standard InChI is InChI=1S/C21H22FN5O3/c1-12-11-29-21(30-20(12)25-16(28)10-23)19-26-17(13-2-4-15(22)5-3-13)18(27-19)14-6-8-24-9-7-14/h2-9,12,20-21H,10-11,23H2,1H3,(H,25,28)(H,26,27). The van der Waals surface area contributed by atoms with Gasteiger partial charge in [-0.1, -0.05) is 6.92 Å². The fourth-order valence-electron chi connectivity index (χ4n) is 3.22. The maximum absolute atomic E-state index is 13.4. The van der Waals surface area contributed by atoms with Crippen molar-refractivity contribution in [3.05, 3.63) is 60.4 Å². The molecule has 3 unspecified atom stereocenters. The number of nitrogens with zero attached hydrogens (tertiary/aromatic N) is 2.